The van der Waals surface area contributed by atoms with E-state index in [0.717, 1.165) is 35.6 Å². The molecule has 0 unspecified atom stereocenters. The second-order valence-corrected chi connectivity index (χ2v) is 18.1. The van der Waals surface area contributed by atoms with Crippen LogP contribution >= 0.6 is 0 Å². The fourth-order valence-corrected chi connectivity index (χ4v) is 10.5. The molecule has 2 nitrogen and oxygen atoms in total. The molecular weight excluding hydrogens is 749 g/mol. The van der Waals surface area contributed by atoms with Crippen LogP contribution in [-0.2, 0) is 10.8 Å². The summed E-state index contributed by atoms with van der Waals surface area (Å²) >= 11 is 0. The number of para-hydroxylation sites is 1. The Balaban J connectivity index is 1.00. The number of hydrogen-bond donors (Lipinski definition) is 0. The van der Waals surface area contributed by atoms with Crippen LogP contribution in [0.15, 0.2) is 212 Å². The Morgan fingerprint density at radius 3 is 1.37 bits per heavy atom. The van der Waals surface area contributed by atoms with E-state index >= 15 is 0 Å². The molecule has 62 heavy (non-hydrogen) atoms. The Bertz CT molecular complexity index is 3060. The molecule has 2 heteroatoms. The van der Waals surface area contributed by atoms with Gasteiger partial charge in [-0.25, -0.2) is 0 Å². The average molecular weight is 799 g/mol. The number of fused-ring (bicyclic) bond motifs is 6. The lowest BCUT2D eigenvalue weighted by molar-refractivity contribution is 0.660. The van der Waals surface area contributed by atoms with E-state index in [-0.39, 0.29) is 10.8 Å². The van der Waals surface area contributed by atoms with Crippen LogP contribution in [-0.4, -0.2) is 0 Å². The lowest BCUT2D eigenvalue weighted by Gasteiger charge is -2.30. The van der Waals surface area contributed by atoms with E-state index in [9.17, 15) is 0 Å². The summed E-state index contributed by atoms with van der Waals surface area (Å²) in [6, 6.07) is 69.7. The van der Waals surface area contributed by atoms with Crippen LogP contribution in [0.25, 0.3) is 44.5 Å². The van der Waals surface area contributed by atoms with Gasteiger partial charge in [0.05, 0.1) is 0 Å². The first-order valence-electron chi connectivity index (χ1n) is 22.1. The van der Waals surface area contributed by atoms with Crippen molar-refractivity contribution in [1.29, 1.82) is 0 Å². The predicted molar refractivity (Wildman–Crippen MR) is 262 cm³/mol. The number of benzene rings is 8. The van der Waals surface area contributed by atoms with E-state index in [2.05, 4.69) is 244 Å². The maximum Gasteiger partial charge on any atom is 0.0468 e. The van der Waals surface area contributed by atoms with Crippen molar-refractivity contribution in [2.75, 3.05) is 9.80 Å². The third-order valence-corrected chi connectivity index (χ3v) is 13.7. The zero-order valence-corrected chi connectivity index (χ0v) is 35.9. The maximum absolute atomic E-state index is 2.44. The van der Waals surface area contributed by atoms with Crippen LogP contribution in [0.1, 0.15) is 62.8 Å². The van der Waals surface area contributed by atoms with Crippen molar-refractivity contribution in [3.8, 4) is 44.5 Å². The Morgan fingerprint density at radius 1 is 0.339 bits per heavy atom. The van der Waals surface area contributed by atoms with Gasteiger partial charge in [0.2, 0.25) is 0 Å². The van der Waals surface area contributed by atoms with Crippen molar-refractivity contribution in [2.24, 2.45) is 0 Å². The highest BCUT2D eigenvalue weighted by Gasteiger charge is 2.37. The molecule has 0 amide bonds. The number of hydrogen-bond acceptors (Lipinski definition) is 2. The van der Waals surface area contributed by atoms with Gasteiger partial charge in [-0.1, -0.05) is 167 Å². The molecule has 300 valence electrons. The minimum atomic E-state index is -0.0993. The van der Waals surface area contributed by atoms with E-state index < -0.39 is 0 Å². The quantitative estimate of drug-likeness (QED) is 0.151. The molecule has 3 aliphatic rings. The molecule has 0 radical (unpaired) electrons. The van der Waals surface area contributed by atoms with Crippen molar-refractivity contribution in [3.05, 3.63) is 234 Å². The average Bonchev–Trinajstić information content (AvgIpc) is 3.69. The van der Waals surface area contributed by atoms with Gasteiger partial charge in [-0.2, -0.15) is 0 Å². The Labute approximate surface area is 366 Å². The summed E-state index contributed by atoms with van der Waals surface area (Å²) in [5.41, 5.74) is 22.4. The maximum atomic E-state index is 2.44. The van der Waals surface area contributed by atoms with Gasteiger partial charge in [0.15, 0.2) is 0 Å². The summed E-state index contributed by atoms with van der Waals surface area (Å²) in [4.78, 5) is 4.85. The Hall–Kier alpha value is -7.16. The molecule has 0 aromatic heterocycles. The van der Waals surface area contributed by atoms with Gasteiger partial charge < -0.3 is 9.80 Å². The molecule has 0 heterocycles. The van der Waals surface area contributed by atoms with E-state index in [0.29, 0.717) is 0 Å². The summed E-state index contributed by atoms with van der Waals surface area (Å²) in [5.74, 6) is 0. The van der Waals surface area contributed by atoms with E-state index in [1.165, 1.54) is 78.1 Å². The lowest BCUT2D eigenvalue weighted by Crippen LogP contribution is -2.19. The number of allylic oxidation sites excluding steroid dienone is 3. The predicted octanol–water partition coefficient (Wildman–Crippen LogP) is 16.5. The summed E-state index contributed by atoms with van der Waals surface area (Å²) in [7, 11) is 0. The van der Waals surface area contributed by atoms with Crippen LogP contribution in [0.3, 0.4) is 0 Å². The zero-order chi connectivity index (χ0) is 42.0. The van der Waals surface area contributed by atoms with Crippen molar-refractivity contribution in [3.63, 3.8) is 0 Å². The highest BCUT2D eigenvalue weighted by molar-refractivity contribution is 5.91. The highest BCUT2D eigenvalue weighted by Crippen LogP contribution is 2.52. The van der Waals surface area contributed by atoms with E-state index in [1.807, 2.05) is 0 Å². The molecule has 8 aromatic rings. The van der Waals surface area contributed by atoms with Gasteiger partial charge in [0.1, 0.15) is 0 Å². The van der Waals surface area contributed by atoms with Crippen LogP contribution in [0.4, 0.5) is 28.4 Å². The van der Waals surface area contributed by atoms with Crippen LogP contribution in [0, 0.1) is 0 Å². The Morgan fingerprint density at radius 2 is 0.790 bits per heavy atom. The molecule has 0 fully saturated rings. The van der Waals surface area contributed by atoms with Gasteiger partial charge in [0.25, 0.3) is 0 Å². The van der Waals surface area contributed by atoms with Crippen molar-refractivity contribution in [1.82, 2.24) is 0 Å². The molecule has 0 N–H and O–H groups in total. The fraction of sp³-hybridized carbons (Fsp3) is 0.133. The zero-order valence-electron chi connectivity index (χ0n) is 35.9. The lowest BCUT2D eigenvalue weighted by atomic mass is 9.82. The third-order valence-electron chi connectivity index (χ3n) is 13.7. The van der Waals surface area contributed by atoms with Crippen molar-refractivity contribution in [2.45, 2.75) is 51.4 Å². The number of nitrogens with zero attached hydrogens (tertiary/aromatic N) is 2. The summed E-state index contributed by atoms with van der Waals surface area (Å²) in [6.45, 7) is 9.44. The van der Waals surface area contributed by atoms with E-state index in [4.69, 9.17) is 0 Å². The molecule has 0 saturated heterocycles. The molecule has 3 aliphatic carbocycles. The van der Waals surface area contributed by atoms with Gasteiger partial charge in [-0.15, -0.1) is 0 Å². The second-order valence-electron chi connectivity index (χ2n) is 18.1. The van der Waals surface area contributed by atoms with E-state index in [1.54, 1.807) is 0 Å². The first-order chi connectivity index (χ1) is 30.3. The van der Waals surface area contributed by atoms with Gasteiger partial charge in [-0.3, -0.25) is 0 Å². The standard InChI is InChI=1S/C60H50N2/c1-59(2)55-26-16-14-24-50(55)52-36-33-47(39-57(52)59)61(43-20-10-6-11-21-43)45-30-28-42(29-31-45)49-35-32-46(38-54(49)41-18-8-5-9-19-41)62(44-22-12-7-13-23-44)48-34-37-53-51-25-15-17-27-56(51)60(3,4)58(53)40-48/h5,7-10,12-40H,6,11H2,1-4H3. The summed E-state index contributed by atoms with van der Waals surface area (Å²) in [5, 5.41) is 0. The second kappa shape index (κ2) is 14.8. The fourth-order valence-electron chi connectivity index (χ4n) is 10.5. The van der Waals surface area contributed by atoms with Gasteiger partial charge >= 0.3 is 0 Å². The Kier molecular flexibility index (Phi) is 9.02. The van der Waals surface area contributed by atoms with Gasteiger partial charge in [0, 0.05) is 45.0 Å². The minimum absolute atomic E-state index is 0.0761. The number of anilines is 5. The van der Waals surface area contributed by atoms with Crippen molar-refractivity contribution < 1.29 is 0 Å². The molecular formula is C60H50N2. The first kappa shape index (κ1) is 37.8. The molecule has 8 aromatic carbocycles. The molecule has 0 atom stereocenters. The largest absolute Gasteiger partial charge is 0.311 e. The van der Waals surface area contributed by atoms with Crippen LogP contribution in [0.5, 0.6) is 0 Å². The SMILES string of the molecule is CC1(C)c2ccccc2-c2ccc(N(C3=CCCC=C3)c3ccc(-c4ccc(N(c5ccccc5)c5ccc6c(c5)C(C)(C)c5ccccc5-6)cc4-c4ccccc4)cc3)cc21. The molecule has 0 spiro atoms. The first-order valence-corrected chi connectivity index (χ1v) is 22.1. The molecule has 0 saturated carbocycles. The minimum Gasteiger partial charge on any atom is -0.311 e. The highest BCUT2D eigenvalue weighted by atomic mass is 15.2. The smallest absolute Gasteiger partial charge is 0.0468 e. The molecule has 0 aliphatic heterocycles. The normalized spacial score (nSPS) is 14.9. The topological polar surface area (TPSA) is 6.48 Å². The number of rotatable bonds is 8. The summed E-state index contributed by atoms with van der Waals surface area (Å²) < 4.78 is 0. The van der Waals surface area contributed by atoms with Crippen molar-refractivity contribution >= 4 is 28.4 Å². The molecule has 11 rings (SSSR count). The monoisotopic (exact) mass is 798 g/mol. The van der Waals surface area contributed by atoms with Crippen LogP contribution in [0.2, 0.25) is 0 Å². The van der Waals surface area contributed by atoms with Gasteiger partial charge in [-0.05, 0) is 146 Å². The molecule has 0 bridgehead atoms. The summed E-state index contributed by atoms with van der Waals surface area (Å²) in [6.07, 6.45) is 9.08. The third kappa shape index (κ3) is 6.16. The van der Waals surface area contributed by atoms with Crippen LogP contribution < -0.4 is 9.80 Å².